The maximum absolute atomic E-state index is 15.3. The number of hydrogen-bond acceptors (Lipinski definition) is 20. The zero-order chi connectivity index (χ0) is 73.1. The third-order valence-corrected chi connectivity index (χ3v) is 19.5. The van der Waals surface area contributed by atoms with E-state index >= 15 is 9.59 Å². The van der Waals surface area contributed by atoms with E-state index in [2.05, 4.69) is 72.8 Å². The number of aliphatic hydroxyl groups excluding tert-OH is 3. The first kappa shape index (κ1) is 81.0. The van der Waals surface area contributed by atoms with Gasteiger partial charge >= 0.3 is 11.9 Å². The topological polar surface area (TPSA) is 457 Å². The van der Waals surface area contributed by atoms with Crippen molar-refractivity contribution in [3.8, 4) is 0 Å². The standard InChI is InChI=1S/C67H94N13O17PS2/c1-41(82)54(37-81)74-66(94)56(39-100)76-67(95)60(42(2)83)77-61(89)50(21-10-11-23-68)71-63(91)53(33-46-34-69-49-20-9-8-19-48(46)49)72-64(92)52(32-45-17-12-16-44-15-6-7-18-47(44)45)73-65(93)55(38-99)75-62(90)51(31-43-13-4-3-5-14-43)70-57(84)22-30-98(96,97)40-80-28-26-78(35-58(85)86)24-25-79(27-29-80)36-59(87)88/h3-9,12-20,34,41-42,50-56,60,69,81-83,99-100H,10-11,21-33,35-40,68H2,1-2H3,(H,70,84)(H,71,91)(H,72,92)(H,73,93)(H,74,94)(H,75,90)(H,76,95)(H,77,89)(H,85,86)(H,87,88)(H,96,97)/t41-,42-,50+,51+,52+,53+,54-,55+,56+,60+/m1/s1. The summed E-state index contributed by atoms with van der Waals surface area (Å²) in [4.78, 5) is 157. The van der Waals surface area contributed by atoms with Crippen LogP contribution in [0.25, 0.3) is 21.7 Å². The van der Waals surface area contributed by atoms with Gasteiger partial charge in [-0.15, -0.1) is 0 Å². The molecule has 100 heavy (non-hydrogen) atoms. The number of thiol groups is 2. The minimum Gasteiger partial charge on any atom is -0.480 e. The zero-order valence-corrected chi connectivity index (χ0v) is 58.6. The molecule has 1 aliphatic heterocycles. The second kappa shape index (κ2) is 40.4. The maximum Gasteiger partial charge on any atom is 0.317 e. The molecule has 1 aromatic heterocycles. The van der Waals surface area contributed by atoms with Gasteiger partial charge < -0.3 is 83.7 Å². The molecule has 1 saturated heterocycles. The van der Waals surface area contributed by atoms with Crippen molar-refractivity contribution in [3.63, 3.8) is 0 Å². The molecule has 0 aliphatic carbocycles. The molecule has 5 aromatic rings. The van der Waals surface area contributed by atoms with Gasteiger partial charge in [0, 0.05) is 99.7 Å². The third-order valence-electron chi connectivity index (χ3n) is 17.0. The molecular formula is C67H94N13O17PS2. The molecule has 8 amide bonds. The molecule has 33 heteroatoms. The van der Waals surface area contributed by atoms with E-state index in [-0.39, 0.29) is 103 Å². The Kier molecular flexibility index (Phi) is 32.7. The SMILES string of the molecule is C[C@@H](O)[C@H](NC(=O)[C@H](CCCCN)NC(=O)[C@H](Cc1c[nH]c2ccccc12)NC(=O)[C@H](Cc1cccc2ccccc12)NC(=O)[C@H](CS)NC(=O)[C@H](Cc1ccccc1)NC(=O)CCP(=O)(O)CN1CCN(CC(=O)O)CCN(CC(=O)O)CC1)C(=O)N[C@@H](CS)C(=O)N[C@H](CO)[C@@H](C)O. The predicted octanol–water partition coefficient (Wildman–Crippen LogP) is -1.32. The van der Waals surface area contributed by atoms with E-state index in [0.717, 1.165) is 5.39 Å². The van der Waals surface area contributed by atoms with Crippen LogP contribution in [0.4, 0.5) is 0 Å². The average molecular weight is 1450 g/mol. The van der Waals surface area contributed by atoms with Gasteiger partial charge in [-0.1, -0.05) is 91.0 Å². The number of para-hydroxylation sites is 1. The highest BCUT2D eigenvalue weighted by molar-refractivity contribution is 7.80. The molecular weight excluding hydrogens is 1350 g/mol. The second-order valence-corrected chi connectivity index (χ2v) is 28.0. The molecule has 2 heterocycles. The molecule has 1 aliphatic rings. The number of benzene rings is 4. The van der Waals surface area contributed by atoms with E-state index in [1.807, 2.05) is 24.3 Å². The summed E-state index contributed by atoms with van der Waals surface area (Å²) in [6, 6.07) is 16.9. The Morgan fingerprint density at radius 3 is 1.58 bits per heavy atom. The summed E-state index contributed by atoms with van der Waals surface area (Å²) in [5, 5.41) is 72.8. The number of H-pyrrole nitrogens is 1. The average Bonchev–Trinajstić information content (AvgIpc) is 1.08. The van der Waals surface area contributed by atoms with Crippen molar-refractivity contribution < 1.29 is 82.9 Å². The highest BCUT2D eigenvalue weighted by Crippen LogP contribution is 2.42. The number of hydrogen-bond donors (Lipinski definition) is 18. The Morgan fingerprint density at radius 1 is 0.540 bits per heavy atom. The van der Waals surface area contributed by atoms with Gasteiger partial charge in [0.05, 0.1) is 44.2 Å². The van der Waals surface area contributed by atoms with Crippen molar-refractivity contribution in [2.75, 3.05) is 89.5 Å². The maximum atomic E-state index is 15.3. The molecule has 0 saturated carbocycles. The normalized spacial score (nSPS) is 16.9. The molecule has 17 N–H and O–H groups in total. The van der Waals surface area contributed by atoms with Crippen molar-refractivity contribution in [1.82, 2.24) is 62.2 Å². The summed E-state index contributed by atoms with van der Waals surface area (Å²) in [5.74, 6) is -9.96. The number of amides is 8. The smallest absolute Gasteiger partial charge is 0.317 e. The molecule has 1 unspecified atom stereocenters. The number of unbranched alkanes of at least 4 members (excludes halogenated alkanes) is 1. The van der Waals surface area contributed by atoms with Crippen molar-refractivity contribution in [2.24, 2.45) is 5.73 Å². The lowest BCUT2D eigenvalue weighted by Crippen LogP contribution is -2.62. The van der Waals surface area contributed by atoms with Gasteiger partial charge in [-0.05, 0) is 73.2 Å². The van der Waals surface area contributed by atoms with Crippen LogP contribution >= 0.6 is 32.6 Å². The van der Waals surface area contributed by atoms with Gasteiger partial charge in [0.2, 0.25) is 54.6 Å². The first-order valence-corrected chi connectivity index (χ1v) is 36.3. The van der Waals surface area contributed by atoms with Crippen LogP contribution in [-0.4, -0.2) is 259 Å². The molecule has 11 atom stereocenters. The van der Waals surface area contributed by atoms with E-state index in [4.69, 9.17) is 5.73 Å². The minimum absolute atomic E-state index is 0.0611. The molecule has 6 rings (SSSR count). The lowest BCUT2D eigenvalue weighted by molar-refractivity contribution is -0.140. The fraction of sp³-hybridized carbons (Fsp3) is 0.493. The monoisotopic (exact) mass is 1450 g/mol. The lowest BCUT2D eigenvalue weighted by atomic mass is 9.97. The fourth-order valence-corrected chi connectivity index (χ4v) is 13.5. The van der Waals surface area contributed by atoms with E-state index in [0.29, 0.717) is 39.4 Å². The van der Waals surface area contributed by atoms with Gasteiger partial charge in [-0.2, -0.15) is 25.3 Å². The lowest BCUT2D eigenvalue weighted by Gasteiger charge is -2.29. The Morgan fingerprint density at radius 2 is 1.02 bits per heavy atom. The summed E-state index contributed by atoms with van der Waals surface area (Å²) in [6.45, 7) is 2.70. The number of nitrogens with two attached hydrogens (primary N) is 1. The van der Waals surface area contributed by atoms with Crippen LogP contribution in [0.3, 0.4) is 0 Å². The summed E-state index contributed by atoms with van der Waals surface area (Å²) in [5.41, 5.74) is 8.28. The molecule has 546 valence electrons. The number of nitrogens with one attached hydrogen (secondary N) is 9. The first-order valence-electron chi connectivity index (χ1n) is 33.0. The fourth-order valence-electron chi connectivity index (χ4n) is 11.4. The minimum atomic E-state index is -4.16. The number of carboxylic acids is 2. The van der Waals surface area contributed by atoms with Gasteiger partial charge in [0.1, 0.15) is 42.3 Å². The Hall–Kier alpha value is -8.01. The van der Waals surface area contributed by atoms with E-state index in [1.54, 1.807) is 93.7 Å². The van der Waals surface area contributed by atoms with Crippen LogP contribution < -0.4 is 48.3 Å². The summed E-state index contributed by atoms with van der Waals surface area (Å²) < 4.78 is 13.8. The first-order chi connectivity index (χ1) is 47.7. The van der Waals surface area contributed by atoms with Crippen LogP contribution in [-0.2, 0) is 71.8 Å². The van der Waals surface area contributed by atoms with Gasteiger partial charge in [0.25, 0.3) is 0 Å². The van der Waals surface area contributed by atoms with Crippen LogP contribution in [0.2, 0.25) is 0 Å². The van der Waals surface area contributed by atoms with Crippen LogP contribution in [0.1, 0.15) is 56.2 Å². The third kappa shape index (κ3) is 25.9. The Bertz CT molecular complexity index is 3600. The number of fused-ring (bicyclic) bond motifs is 2. The number of aliphatic carboxylic acids is 2. The Labute approximate surface area is 590 Å². The number of carbonyl (C=O) groups excluding carboxylic acids is 8. The van der Waals surface area contributed by atoms with Gasteiger partial charge in [-0.3, -0.25) is 67.2 Å². The van der Waals surface area contributed by atoms with Crippen LogP contribution in [0.5, 0.6) is 0 Å². The van der Waals surface area contributed by atoms with Crippen molar-refractivity contribution >= 4 is 113 Å². The summed E-state index contributed by atoms with van der Waals surface area (Å²) >= 11 is 8.62. The Balaban J connectivity index is 1.25. The van der Waals surface area contributed by atoms with E-state index in [1.165, 1.54) is 13.8 Å². The predicted molar refractivity (Wildman–Crippen MR) is 380 cm³/mol. The van der Waals surface area contributed by atoms with Crippen molar-refractivity contribution in [3.05, 3.63) is 120 Å². The molecule has 0 radical (unpaired) electrons. The molecule has 1 fully saturated rings. The number of aromatic amines is 1. The molecule has 30 nitrogen and oxygen atoms in total. The quantitative estimate of drug-likeness (QED) is 0.0123. The number of aromatic nitrogens is 1. The number of aliphatic hydroxyl groups is 3. The van der Waals surface area contributed by atoms with Gasteiger partial charge in [-0.25, -0.2) is 0 Å². The highest BCUT2D eigenvalue weighted by atomic mass is 32.1. The molecule has 0 spiro atoms. The van der Waals surface area contributed by atoms with Crippen molar-refractivity contribution in [1.29, 1.82) is 0 Å². The second-order valence-electron chi connectivity index (χ2n) is 24.9. The number of rotatable bonds is 39. The number of nitrogens with zero attached hydrogens (tertiary/aromatic N) is 3. The van der Waals surface area contributed by atoms with Crippen molar-refractivity contribution in [2.45, 2.75) is 119 Å². The zero-order valence-electron chi connectivity index (χ0n) is 55.9. The number of carbonyl (C=O) groups is 10. The van der Waals surface area contributed by atoms with Gasteiger partial charge in [0.15, 0.2) is 0 Å². The summed E-state index contributed by atoms with van der Waals surface area (Å²) in [6.07, 6.45) is -2.47. The molecule has 0 bridgehead atoms. The van der Waals surface area contributed by atoms with Crippen LogP contribution in [0.15, 0.2) is 103 Å². The largest absolute Gasteiger partial charge is 0.480 e. The highest BCUT2D eigenvalue weighted by Gasteiger charge is 2.37. The number of carboxylic acid groups (broad SMARTS) is 2. The van der Waals surface area contributed by atoms with E-state index in [9.17, 15) is 73.3 Å². The summed E-state index contributed by atoms with van der Waals surface area (Å²) in [7, 11) is -4.16. The molecule has 4 aromatic carbocycles. The van der Waals surface area contributed by atoms with Crippen LogP contribution in [0, 0.1) is 0 Å². The van der Waals surface area contributed by atoms with E-state index < -0.39 is 153 Å².